The second-order valence-corrected chi connectivity index (χ2v) is 7.03. The number of thiophene rings is 1. The predicted octanol–water partition coefficient (Wildman–Crippen LogP) is 3.93. The molecule has 0 bridgehead atoms. The van der Waals surface area contributed by atoms with Gasteiger partial charge in [0.2, 0.25) is 5.91 Å². The number of nitrogens with one attached hydrogen (secondary N) is 1. The van der Waals surface area contributed by atoms with Gasteiger partial charge in [0.05, 0.1) is 4.88 Å². The monoisotopic (exact) mass is 333 g/mol. The molecule has 5 heteroatoms. The lowest BCUT2D eigenvalue weighted by Gasteiger charge is -2.05. The van der Waals surface area contributed by atoms with Crippen LogP contribution in [0.2, 0.25) is 0 Å². The average molecular weight is 333 g/mol. The van der Waals surface area contributed by atoms with Gasteiger partial charge in [-0.3, -0.25) is 9.59 Å². The van der Waals surface area contributed by atoms with Crippen LogP contribution in [0.4, 0.5) is 0 Å². The Balaban J connectivity index is 1.59. The van der Waals surface area contributed by atoms with Crippen molar-refractivity contribution in [1.82, 2.24) is 5.32 Å². The quantitative estimate of drug-likeness (QED) is 0.452. The van der Waals surface area contributed by atoms with Crippen LogP contribution >= 0.6 is 23.1 Å². The largest absolute Gasteiger partial charge is 0.355 e. The average Bonchev–Trinajstić information content (AvgIpc) is 3.05. The predicted molar refractivity (Wildman–Crippen MR) is 92.8 cm³/mol. The molecule has 22 heavy (non-hydrogen) atoms. The van der Waals surface area contributed by atoms with E-state index in [4.69, 9.17) is 0 Å². The molecule has 0 saturated heterocycles. The summed E-state index contributed by atoms with van der Waals surface area (Å²) in [5, 5.41) is 4.73. The van der Waals surface area contributed by atoms with Crippen molar-refractivity contribution in [1.29, 1.82) is 0 Å². The van der Waals surface area contributed by atoms with Crippen molar-refractivity contribution in [3.63, 3.8) is 0 Å². The van der Waals surface area contributed by atoms with E-state index in [1.807, 2.05) is 11.4 Å². The maximum atomic E-state index is 11.8. The number of hydrogen-bond donors (Lipinski definition) is 1. The van der Waals surface area contributed by atoms with Crippen LogP contribution < -0.4 is 5.32 Å². The lowest BCUT2D eigenvalue weighted by atomic mass is 10.2. The van der Waals surface area contributed by atoms with Crippen molar-refractivity contribution in [3.8, 4) is 0 Å². The standard InChI is InChI=1S/C17H19NO2S2/c1-13-4-6-14(7-5-13)21-12-10-18-17(20)9-8-15(19)16-3-2-11-22-16/h2-7,11H,8-10,12H2,1H3,(H,18,20). The van der Waals surface area contributed by atoms with Crippen molar-refractivity contribution in [3.05, 3.63) is 52.2 Å². The van der Waals surface area contributed by atoms with E-state index in [9.17, 15) is 9.59 Å². The van der Waals surface area contributed by atoms with Gasteiger partial charge in [0.1, 0.15) is 0 Å². The Morgan fingerprint density at radius 1 is 1.14 bits per heavy atom. The van der Waals surface area contributed by atoms with E-state index < -0.39 is 0 Å². The molecule has 1 heterocycles. The molecule has 0 unspecified atom stereocenters. The molecule has 0 aliphatic heterocycles. The summed E-state index contributed by atoms with van der Waals surface area (Å²) < 4.78 is 0. The zero-order chi connectivity index (χ0) is 15.8. The van der Waals surface area contributed by atoms with Crippen LogP contribution in [0.1, 0.15) is 28.1 Å². The van der Waals surface area contributed by atoms with Crippen molar-refractivity contribution in [2.75, 3.05) is 12.3 Å². The Morgan fingerprint density at radius 3 is 2.59 bits per heavy atom. The Hall–Kier alpha value is -1.59. The fourth-order valence-corrected chi connectivity index (χ4v) is 3.33. The lowest BCUT2D eigenvalue weighted by molar-refractivity contribution is -0.120. The van der Waals surface area contributed by atoms with Crippen LogP contribution in [0.25, 0.3) is 0 Å². The van der Waals surface area contributed by atoms with Crippen LogP contribution in [0.15, 0.2) is 46.7 Å². The zero-order valence-corrected chi connectivity index (χ0v) is 14.1. The molecular weight excluding hydrogens is 314 g/mol. The second kappa shape index (κ2) is 8.76. The molecule has 0 radical (unpaired) electrons. The van der Waals surface area contributed by atoms with Crippen molar-refractivity contribution in [2.24, 2.45) is 0 Å². The van der Waals surface area contributed by atoms with E-state index in [-0.39, 0.29) is 24.5 Å². The molecule has 0 aliphatic rings. The molecule has 116 valence electrons. The van der Waals surface area contributed by atoms with E-state index in [1.165, 1.54) is 21.8 Å². The third-order valence-corrected chi connectivity index (χ3v) is 5.01. The summed E-state index contributed by atoms with van der Waals surface area (Å²) in [6, 6.07) is 12.0. The van der Waals surface area contributed by atoms with Gasteiger partial charge in [0, 0.05) is 30.0 Å². The summed E-state index contributed by atoms with van der Waals surface area (Å²) in [5.74, 6) is 0.807. The number of carbonyl (C=O) groups is 2. The van der Waals surface area contributed by atoms with Gasteiger partial charge >= 0.3 is 0 Å². The minimum Gasteiger partial charge on any atom is -0.355 e. The molecule has 0 saturated carbocycles. The number of hydrogen-bond acceptors (Lipinski definition) is 4. The highest BCUT2D eigenvalue weighted by Crippen LogP contribution is 2.17. The van der Waals surface area contributed by atoms with Gasteiger partial charge < -0.3 is 5.32 Å². The van der Waals surface area contributed by atoms with E-state index in [2.05, 4.69) is 36.5 Å². The molecule has 0 spiro atoms. The van der Waals surface area contributed by atoms with Gasteiger partial charge in [-0.1, -0.05) is 23.8 Å². The smallest absolute Gasteiger partial charge is 0.220 e. The molecule has 3 nitrogen and oxygen atoms in total. The van der Waals surface area contributed by atoms with Gasteiger partial charge in [0.25, 0.3) is 0 Å². The highest BCUT2D eigenvalue weighted by molar-refractivity contribution is 7.99. The molecule has 0 atom stereocenters. The second-order valence-electron chi connectivity index (χ2n) is 4.91. The fourth-order valence-electron chi connectivity index (χ4n) is 1.87. The van der Waals surface area contributed by atoms with Crippen LogP contribution in [-0.4, -0.2) is 24.0 Å². The number of thioether (sulfide) groups is 1. The van der Waals surface area contributed by atoms with Crippen molar-refractivity contribution in [2.45, 2.75) is 24.7 Å². The van der Waals surface area contributed by atoms with Crippen molar-refractivity contribution < 1.29 is 9.59 Å². The van der Waals surface area contributed by atoms with E-state index in [1.54, 1.807) is 17.8 Å². The first-order valence-corrected chi connectivity index (χ1v) is 9.04. The fraction of sp³-hybridized carbons (Fsp3) is 0.294. The summed E-state index contributed by atoms with van der Waals surface area (Å²) in [4.78, 5) is 25.4. The van der Waals surface area contributed by atoms with Crippen molar-refractivity contribution >= 4 is 34.8 Å². The number of amides is 1. The highest BCUT2D eigenvalue weighted by atomic mass is 32.2. The normalized spacial score (nSPS) is 10.4. The number of carbonyl (C=O) groups excluding carboxylic acids is 2. The molecule has 1 N–H and O–H groups in total. The van der Waals surface area contributed by atoms with Crippen LogP contribution in [-0.2, 0) is 4.79 Å². The number of Topliss-reactive ketones (excluding diaryl/α,β-unsaturated/α-hetero) is 1. The van der Waals surface area contributed by atoms with Crippen LogP contribution in [0.5, 0.6) is 0 Å². The maximum Gasteiger partial charge on any atom is 0.220 e. The summed E-state index contributed by atoms with van der Waals surface area (Å²) in [6.45, 7) is 2.68. The number of aryl methyl sites for hydroxylation is 1. The number of benzene rings is 1. The van der Waals surface area contributed by atoms with E-state index in [0.29, 0.717) is 6.54 Å². The Kier molecular flexibility index (Phi) is 6.68. The van der Waals surface area contributed by atoms with Gasteiger partial charge in [-0.05, 0) is 30.5 Å². The molecule has 0 aliphatic carbocycles. The summed E-state index contributed by atoms with van der Waals surface area (Å²) >= 11 is 3.13. The Morgan fingerprint density at radius 2 is 1.91 bits per heavy atom. The first kappa shape index (κ1) is 16.8. The molecule has 0 fully saturated rings. The minimum absolute atomic E-state index is 0.0409. The van der Waals surface area contributed by atoms with Gasteiger partial charge in [0.15, 0.2) is 5.78 Å². The molecule has 1 amide bonds. The third-order valence-electron chi connectivity index (χ3n) is 3.09. The van der Waals surface area contributed by atoms with Crippen LogP contribution in [0, 0.1) is 6.92 Å². The maximum absolute atomic E-state index is 11.8. The third kappa shape index (κ3) is 5.66. The molecular formula is C17H19NO2S2. The summed E-state index contributed by atoms with van der Waals surface area (Å²) in [7, 11) is 0. The molecule has 1 aromatic heterocycles. The van der Waals surface area contributed by atoms with E-state index >= 15 is 0 Å². The first-order valence-electron chi connectivity index (χ1n) is 7.18. The number of rotatable bonds is 8. The highest BCUT2D eigenvalue weighted by Gasteiger charge is 2.09. The SMILES string of the molecule is Cc1ccc(SCCNC(=O)CCC(=O)c2cccs2)cc1. The van der Waals surface area contributed by atoms with E-state index in [0.717, 1.165) is 10.6 Å². The van der Waals surface area contributed by atoms with Gasteiger partial charge in [-0.25, -0.2) is 0 Å². The van der Waals surface area contributed by atoms with Gasteiger partial charge in [-0.15, -0.1) is 23.1 Å². The summed E-state index contributed by atoms with van der Waals surface area (Å²) in [5.41, 5.74) is 1.24. The lowest BCUT2D eigenvalue weighted by Crippen LogP contribution is -2.26. The Labute approximate surface area is 139 Å². The Bertz CT molecular complexity index is 606. The topological polar surface area (TPSA) is 46.2 Å². The molecule has 2 aromatic rings. The minimum atomic E-state index is -0.0607. The molecule has 2 rings (SSSR count). The first-order chi connectivity index (χ1) is 10.6. The summed E-state index contributed by atoms with van der Waals surface area (Å²) in [6.07, 6.45) is 0.531. The molecule has 1 aromatic carbocycles. The number of ketones is 1. The van der Waals surface area contributed by atoms with Gasteiger partial charge in [-0.2, -0.15) is 0 Å². The van der Waals surface area contributed by atoms with Crippen LogP contribution in [0.3, 0.4) is 0 Å². The zero-order valence-electron chi connectivity index (χ0n) is 12.5.